The van der Waals surface area contributed by atoms with Gasteiger partial charge < -0.3 is 15.6 Å². The number of hydrogen-bond acceptors (Lipinski definition) is 3. The molecule has 1 aromatic carbocycles. The molecule has 2 fully saturated rings. The number of piperidine rings is 1. The molecule has 1 aliphatic carbocycles. The van der Waals surface area contributed by atoms with Gasteiger partial charge in [0.25, 0.3) is 0 Å². The first-order chi connectivity index (χ1) is 11.3. The molecule has 2 aromatic rings. The number of amides is 1. The van der Waals surface area contributed by atoms with Crippen LogP contribution >= 0.6 is 0 Å². The van der Waals surface area contributed by atoms with Gasteiger partial charge in [-0.2, -0.15) is 0 Å². The highest BCUT2D eigenvalue weighted by Gasteiger charge is 2.57. The number of aryl methyl sites for hydroxylation is 1. The molecule has 1 unspecified atom stereocenters. The van der Waals surface area contributed by atoms with Gasteiger partial charge in [-0.25, -0.2) is 4.98 Å². The van der Waals surface area contributed by atoms with Crippen LogP contribution in [0, 0.1) is 11.3 Å². The second-order valence-electron chi connectivity index (χ2n) is 6.96. The van der Waals surface area contributed by atoms with E-state index in [1.165, 1.54) is 0 Å². The largest absolute Gasteiger partial charge is 0.356 e. The van der Waals surface area contributed by atoms with Crippen molar-refractivity contribution in [2.24, 2.45) is 11.3 Å². The van der Waals surface area contributed by atoms with Crippen LogP contribution in [0.1, 0.15) is 31.5 Å². The summed E-state index contributed by atoms with van der Waals surface area (Å²) in [6.45, 7) is 2.87. The first kappa shape index (κ1) is 14.7. The Bertz CT molecular complexity index is 669. The van der Waals surface area contributed by atoms with Gasteiger partial charge in [-0.3, -0.25) is 4.79 Å². The zero-order valence-electron chi connectivity index (χ0n) is 13.4. The standard InChI is InChI=1S/C18H24N4O/c23-17(13-12-18(13)7-10-19-11-8-18)20-9-3-6-16-21-14-4-1-2-5-15(14)22-16/h1-2,4-5,13,19H,3,6-12H2,(H,20,23)(H,21,22). The molecule has 4 rings (SSSR count). The summed E-state index contributed by atoms with van der Waals surface area (Å²) in [7, 11) is 0. The van der Waals surface area contributed by atoms with Gasteiger partial charge in [-0.15, -0.1) is 0 Å². The van der Waals surface area contributed by atoms with Crippen LogP contribution in [0.15, 0.2) is 24.3 Å². The van der Waals surface area contributed by atoms with Crippen molar-refractivity contribution >= 4 is 16.9 Å². The fraction of sp³-hybridized carbons (Fsp3) is 0.556. The number of nitrogens with zero attached hydrogens (tertiary/aromatic N) is 1. The normalized spacial score (nSPS) is 22.3. The van der Waals surface area contributed by atoms with E-state index in [2.05, 4.69) is 20.6 Å². The van der Waals surface area contributed by atoms with E-state index in [4.69, 9.17) is 0 Å². The fourth-order valence-corrected chi connectivity index (χ4v) is 3.91. The summed E-state index contributed by atoms with van der Waals surface area (Å²) in [4.78, 5) is 20.2. The molecule has 1 atom stereocenters. The molecule has 1 aliphatic heterocycles. The van der Waals surface area contributed by atoms with Gasteiger partial charge >= 0.3 is 0 Å². The molecule has 1 aromatic heterocycles. The molecule has 1 spiro atoms. The number of aromatic nitrogens is 2. The van der Waals surface area contributed by atoms with Crippen molar-refractivity contribution < 1.29 is 4.79 Å². The Morgan fingerprint density at radius 3 is 2.96 bits per heavy atom. The molecular weight excluding hydrogens is 288 g/mol. The smallest absolute Gasteiger partial charge is 0.223 e. The van der Waals surface area contributed by atoms with E-state index in [0.29, 0.717) is 5.41 Å². The van der Waals surface area contributed by atoms with Crippen LogP contribution in [-0.4, -0.2) is 35.5 Å². The summed E-state index contributed by atoms with van der Waals surface area (Å²) >= 11 is 0. The summed E-state index contributed by atoms with van der Waals surface area (Å²) in [6, 6.07) is 8.07. The predicted octanol–water partition coefficient (Wildman–Crippen LogP) is 2.00. The van der Waals surface area contributed by atoms with Gasteiger partial charge in [0.15, 0.2) is 0 Å². The van der Waals surface area contributed by atoms with Crippen molar-refractivity contribution in [2.45, 2.75) is 32.1 Å². The number of aromatic amines is 1. The van der Waals surface area contributed by atoms with Crippen molar-refractivity contribution in [1.82, 2.24) is 20.6 Å². The van der Waals surface area contributed by atoms with Gasteiger partial charge in [0, 0.05) is 18.9 Å². The van der Waals surface area contributed by atoms with E-state index in [9.17, 15) is 4.79 Å². The maximum absolute atomic E-state index is 12.3. The lowest BCUT2D eigenvalue weighted by Gasteiger charge is -2.23. The van der Waals surface area contributed by atoms with Crippen molar-refractivity contribution in [1.29, 1.82) is 0 Å². The summed E-state index contributed by atoms with van der Waals surface area (Å²) < 4.78 is 0. The lowest BCUT2D eigenvalue weighted by Crippen LogP contribution is -2.34. The van der Waals surface area contributed by atoms with E-state index in [1.54, 1.807) is 0 Å². The molecule has 5 heteroatoms. The molecule has 0 bridgehead atoms. The van der Waals surface area contributed by atoms with Gasteiger partial charge in [0.1, 0.15) is 5.82 Å². The Morgan fingerprint density at radius 1 is 1.30 bits per heavy atom. The lowest BCUT2D eigenvalue weighted by atomic mass is 9.92. The third kappa shape index (κ3) is 2.98. The third-order valence-corrected chi connectivity index (χ3v) is 5.43. The number of carbonyl (C=O) groups is 1. The van der Waals surface area contributed by atoms with Gasteiger partial charge in [-0.1, -0.05) is 12.1 Å². The van der Waals surface area contributed by atoms with Crippen LogP contribution in [0.3, 0.4) is 0 Å². The minimum Gasteiger partial charge on any atom is -0.356 e. The predicted molar refractivity (Wildman–Crippen MR) is 90.1 cm³/mol. The van der Waals surface area contributed by atoms with Gasteiger partial charge in [0.2, 0.25) is 5.91 Å². The average Bonchev–Trinajstić information content (AvgIpc) is 3.09. The topological polar surface area (TPSA) is 69.8 Å². The number of rotatable bonds is 5. The molecule has 3 N–H and O–H groups in total. The number of fused-ring (bicyclic) bond motifs is 1. The monoisotopic (exact) mass is 312 g/mol. The van der Waals surface area contributed by atoms with Crippen LogP contribution in [0.4, 0.5) is 0 Å². The van der Waals surface area contributed by atoms with Crippen LogP contribution in [0.25, 0.3) is 11.0 Å². The fourth-order valence-electron chi connectivity index (χ4n) is 3.91. The second-order valence-corrected chi connectivity index (χ2v) is 6.96. The lowest BCUT2D eigenvalue weighted by molar-refractivity contribution is -0.123. The summed E-state index contributed by atoms with van der Waals surface area (Å²) in [5, 5.41) is 6.50. The van der Waals surface area contributed by atoms with E-state index < -0.39 is 0 Å². The minimum atomic E-state index is 0.260. The van der Waals surface area contributed by atoms with Crippen molar-refractivity contribution in [2.75, 3.05) is 19.6 Å². The van der Waals surface area contributed by atoms with Crippen LogP contribution in [0.5, 0.6) is 0 Å². The molecule has 23 heavy (non-hydrogen) atoms. The van der Waals surface area contributed by atoms with Crippen LogP contribution in [-0.2, 0) is 11.2 Å². The zero-order valence-corrected chi connectivity index (χ0v) is 13.4. The van der Waals surface area contributed by atoms with E-state index >= 15 is 0 Å². The maximum atomic E-state index is 12.3. The first-order valence-electron chi connectivity index (χ1n) is 8.69. The average molecular weight is 312 g/mol. The SMILES string of the molecule is O=C(NCCCc1nc2ccccc2[nH]1)C1CC12CCNCC2. The highest BCUT2D eigenvalue weighted by Crippen LogP contribution is 2.58. The summed E-state index contributed by atoms with van der Waals surface area (Å²) in [6.07, 6.45) is 5.19. The Morgan fingerprint density at radius 2 is 2.13 bits per heavy atom. The van der Waals surface area contributed by atoms with Crippen LogP contribution in [0.2, 0.25) is 0 Å². The Balaban J connectivity index is 1.22. The molecule has 2 aliphatic rings. The van der Waals surface area contributed by atoms with Crippen LogP contribution < -0.4 is 10.6 Å². The number of imidazole rings is 1. The summed E-state index contributed by atoms with van der Waals surface area (Å²) in [5.74, 6) is 1.52. The third-order valence-electron chi connectivity index (χ3n) is 5.43. The molecule has 1 saturated heterocycles. The van der Waals surface area contributed by atoms with Crippen molar-refractivity contribution in [3.8, 4) is 0 Å². The Labute approximate surface area is 136 Å². The number of para-hydroxylation sites is 2. The van der Waals surface area contributed by atoms with E-state index in [-0.39, 0.29) is 11.8 Å². The van der Waals surface area contributed by atoms with E-state index in [1.807, 2.05) is 24.3 Å². The van der Waals surface area contributed by atoms with Crippen molar-refractivity contribution in [3.63, 3.8) is 0 Å². The summed E-state index contributed by atoms with van der Waals surface area (Å²) in [5.41, 5.74) is 2.42. The van der Waals surface area contributed by atoms with E-state index in [0.717, 1.165) is 68.6 Å². The van der Waals surface area contributed by atoms with Gasteiger partial charge in [0.05, 0.1) is 11.0 Å². The molecule has 0 radical (unpaired) electrons. The molecular formula is C18H24N4O. The second kappa shape index (κ2) is 5.96. The molecule has 1 saturated carbocycles. The highest BCUT2D eigenvalue weighted by molar-refractivity contribution is 5.82. The molecule has 5 nitrogen and oxygen atoms in total. The molecule has 122 valence electrons. The minimum absolute atomic E-state index is 0.260. The first-order valence-corrected chi connectivity index (χ1v) is 8.69. The van der Waals surface area contributed by atoms with Gasteiger partial charge in [-0.05, 0) is 56.3 Å². The number of H-pyrrole nitrogens is 1. The number of benzene rings is 1. The van der Waals surface area contributed by atoms with Crippen molar-refractivity contribution in [3.05, 3.63) is 30.1 Å². The number of nitrogens with one attached hydrogen (secondary N) is 3. The molecule has 1 amide bonds. The Kier molecular flexibility index (Phi) is 3.81. The quantitative estimate of drug-likeness (QED) is 0.740. The Hall–Kier alpha value is -1.88. The number of carbonyl (C=O) groups excluding carboxylic acids is 1. The number of hydrogen-bond donors (Lipinski definition) is 3. The highest BCUT2D eigenvalue weighted by atomic mass is 16.2. The molecule has 2 heterocycles. The zero-order chi connectivity index (χ0) is 15.7. The maximum Gasteiger partial charge on any atom is 0.223 e.